The first-order valence-corrected chi connectivity index (χ1v) is 2.61. The number of amides is 2. The molecular formula is C4H9N3O. The second-order valence-electron chi connectivity index (χ2n) is 1.75. The van der Waals surface area contributed by atoms with E-state index in [1.807, 2.05) is 0 Å². The van der Waals surface area contributed by atoms with Crippen molar-refractivity contribution in [3.8, 4) is 0 Å². The Balaban J connectivity index is 2.35. The topological polar surface area (TPSA) is 58.4 Å². The van der Waals surface area contributed by atoms with Crippen molar-refractivity contribution < 1.29 is 4.79 Å². The maximum atomic E-state index is 10.3. The number of nitrogens with zero attached hydrogens (tertiary/aromatic N) is 1. The van der Waals surface area contributed by atoms with Gasteiger partial charge in [-0.05, 0) is 6.42 Å². The van der Waals surface area contributed by atoms with Gasteiger partial charge in [0.15, 0.2) is 0 Å². The summed E-state index contributed by atoms with van der Waals surface area (Å²) in [4.78, 5) is 10.3. The normalized spacial score (nSPS) is 19.2. The molecule has 0 atom stereocenters. The first-order valence-electron chi connectivity index (χ1n) is 2.61. The molecule has 0 saturated carbocycles. The smallest absolute Gasteiger partial charge is 0.329 e. The van der Waals surface area contributed by atoms with Crippen LogP contribution in [0.4, 0.5) is 4.79 Å². The van der Waals surface area contributed by atoms with Crippen LogP contribution >= 0.6 is 0 Å². The SMILES string of the molecule is NC(=O)N1CCCN1. The summed E-state index contributed by atoms with van der Waals surface area (Å²) in [5.41, 5.74) is 7.74. The minimum absolute atomic E-state index is 0.387. The third kappa shape index (κ3) is 0.894. The van der Waals surface area contributed by atoms with Crippen LogP contribution in [-0.4, -0.2) is 24.1 Å². The fraction of sp³-hybridized carbons (Fsp3) is 0.750. The Morgan fingerprint density at radius 1 is 1.75 bits per heavy atom. The van der Waals surface area contributed by atoms with Crippen molar-refractivity contribution in [2.24, 2.45) is 5.73 Å². The van der Waals surface area contributed by atoms with E-state index in [-0.39, 0.29) is 6.03 Å². The molecule has 0 aromatic rings. The Labute approximate surface area is 47.6 Å². The molecule has 0 aromatic heterocycles. The van der Waals surface area contributed by atoms with Crippen LogP contribution in [0.5, 0.6) is 0 Å². The quantitative estimate of drug-likeness (QED) is 0.437. The van der Waals surface area contributed by atoms with Gasteiger partial charge in [-0.15, -0.1) is 0 Å². The highest BCUT2D eigenvalue weighted by Gasteiger charge is 2.12. The summed E-state index contributed by atoms with van der Waals surface area (Å²) in [6.07, 6.45) is 1.00. The van der Waals surface area contributed by atoms with E-state index in [4.69, 9.17) is 5.73 Å². The molecule has 46 valence electrons. The number of nitrogens with two attached hydrogens (primary N) is 1. The van der Waals surface area contributed by atoms with Gasteiger partial charge >= 0.3 is 6.03 Å². The average Bonchev–Trinajstić information content (AvgIpc) is 2.12. The van der Waals surface area contributed by atoms with Crippen LogP contribution in [0.2, 0.25) is 0 Å². The van der Waals surface area contributed by atoms with Crippen molar-refractivity contribution in [1.82, 2.24) is 10.4 Å². The molecule has 0 radical (unpaired) electrons. The monoisotopic (exact) mass is 115 g/mol. The highest BCUT2D eigenvalue weighted by molar-refractivity contribution is 5.71. The number of carbonyl (C=O) groups is 1. The summed E-state index contributed by atoms with van der Waals surface area (Å²) in [5, 5.41) is 1.42. The van der Waals surface area contributed by atoms with E-state index < -0.39 is 0 Å². The molecule has 0 bridgehead atoms. The Morgan fingerprint density at radius 2 is 2.50 bits per heavy atom. The second-order valence-corrected chi connectivity index (χ2v) is 1.75. The summed E-state index contributed by atoms with van der Waals surface area (Å²) in [7, 11) is 0. The summed E-state index contributed by atoms with van der Waals surface area (Å²) in [6.45, 7) is 1.61. The van der Waals surface area contributed by atoms with Crippen molar-refractivity contribution >= 4 is 6.03 Å². The molecule has 1 saturated heterocycles. The number of rotatable bonds is 0. The van der Waals surface area contributed by atoms with Gasteiger partial charge in [0, 0.05) is 13.1 Å². The largest absolute Gasteiger partial charge is 0.350 e. The summed E-state index contributed by atoms with van der Waals surface area (Å²) < 4.78 is 0. The number of primary amides is 1. The zero-order valence-electron chi connectivity index (χ0n) is 4.55. The van der Waals surface area contributed by atoms with Gasteiger partial charge in [0.05, 0.1) is 0 Å². The van der Waals surface area contributed by atoms with Crippen LogP contribution in [0, 0.1) is 0 Å². The van der Waals surface area contributed by atoms with Gasteiger partial charge in [-0.25, -0.2) is 10.2 Å². The highest BCUT2D eigenvalue weighted by Crippen LogP contribution is 1.93. The van der Waals surface area contributed by atoms with Crippen molar-refractivity contribution in [1.29, 1.82) is 0 Å². The molecule has 0 unspecified atom stereocenters. The van der Waals surface area contributed by atoms with Crippen LogP contribution in [0.15, 0.2) is 0 Å². The number of hydrogen-bond donors (Lipinski definition) is 2. The molecule has 1 heterocycles. The first-order chi connectivity index (χ1) is 3.80. The minimum Gasteiger partial charge on any atom is -0.350 e. The number of hydrogen-bond acceptors (Lipinski definition) is 2. The molecule has 2 amide bonds. The Bertz CT molecular complexity index is 97.5. The molecular weight excluding hydrogens is 106 g/mol. The van der Waals surface area contributed by atoms with Gasteiger partial charge < -0.3 is 5.73 Å². The zero-order chi connectivity index (χ0) is 5.98. The summed E-state index contributed by atoms with van der Waals surface area (Å²) in [6, 6.07) is -0.387. The molecule has 1 aliphatic rings. The standard InChI is InChI=1S/C4H9N3O/c5-4(8)7-3-1-2-6-7/h6H,1-3H2,(H2,5,8). The molecule has 1 aliphatic heterocycles. The molecule has 0 aromatic carbocycles. The zero-order valence-corrected chi connectivity index (χ0v) is 4.55. The maximum absolute atomic E-state index is 10.3. The Kier molecular flexibility index (Phi) is 1.34. The third-order valence-electron chi connectivity index (χ3n) is 1.13. The van der Waals surface area contributed by atoms with Crippen LogP contribution in [-0.2, 0) is 0 Å². The predicted molar refractivity (Wildman–Crippen MR) is 28.9 cm³/mol. The van der Waals surface area contributed by atoms with Gasteiger partial charge in [0.25, 0.3) is 0 Å². The van der Waals surface area contributed by atoms with Crippen molar-refractivity contribution in [2.75, 3.05) is 13.1 Å². The summed E-state index contributed by atoms with van der Waals surface area (Å²) >= 11 is 0. The minimum atomic E-state index is -0.387. The van der Waals surface area contributed by atoms with Crippen LogP contribution < -0.4 is 11.2 Å². The first kappa shape index (κ1) is 5.37. The van der Waals surface area contributed by atoms with E-state index in [1.54, 1.807) is 0 Å². The number of urea groups is 1. The molecule has 4 heteroatoms. The van der Waals surface area contributed by atoms with Crippen LogP contribution in [0.25, 0.3) is 0 Å². The lowest BCUT2D eigenvalue weighted by atomic mass is 10.5. The van der Waals surface area contributed by atoms with Gasteiger partial charge in [-0.3, -0.25) is 5.01 Å². The van der Waals surface area contributed by atoms with Crippen molar-refractivity contribution in [3.63, 3.8) is 0 Å². The van der Waals surface area contributed by atoms with Gasteiger partial charge in [0.2, 0.25) is 0 Å². The molecule has 1 rings (SSSR count). The van der Waals surface area contributed by atoms with Crippen molar-refractivity contribution in [3.05, 3.63) is 0 Å². The number of nitrogens with one attached hydrogen (secondary N) is 1. The molecule has 3 N–H and O–H groups in total. The van der Waals surface area contributed by atoms with Crippen molar-refractivity contribution in [2.45, 2.75) is 6.42 Å². The third-order valence-corrected chi connectivity index (χ3v) is 1.13. The lowest BCUT2D eigenvalue weighted by Crippen LogP contribution is -2.40. The van der Waals surface area contributed by atoms with Gasteiger partial charge in [-0.2, -0.15) is 0 Å². The molecule has 0 aliphatic carbocycles. The highest BCUT2D eigenvalue weighted by atomic mass is 16.2. The molecule has 1 fully saturated rings. The van der Waals surface area contributed by atoms with E-state index in [2.05, 4.69) is 5.43 Å². The Hall–Kier alpha value is -0.770. The van der Waals surface area contributed by atoms with E-state index in [0.29, 0.717) is 0 Å². The molecule has 0 spiro atoms. The molecule has 8 heavy (non-hydrogen) atoms. The van der Waals surface area contributed by atoms with Gasteiger partial charge in [0.1, 0.15) is 0 Å². The maximum Gasteiger partial charge on any atom is 0.329 e. The second kappa shape index (κ2) is 2.00. The fourth-order valence-corrected chi connectivity index (χ4v) is 0.718. The van der Waals surface area contributed by atoms with Gasteiger partial charge in [-0.1, -0.05) is 0 Å². The van der Waals surface area contributed by atoms with Crippen LogP contribution in [0.3, 0.4) is 0 Å². The summed E-state index contributed by atoms with van der Waals surface area (Å²) in [5.74, 6) is 0. The number of carbonyl (C=O) groups excluding carboxylic acids is 1. The fourth-order valence-electron chi connectivity index (χ4n) is 0.718. The van der Waals surface area contributed by atoms with E-state index in [0.717, 1.165) is 19.5 Å². The van der Waals surface area contributed by atoms with Crippen LogP contribution in [0.1, 0.15) is 6.42 Å². The van der Waals surface area contributed by atoms with E-state index >= 15 is 0 Å². The Morgan fingerprint density at radius 3 is 2.75 bits per heavy atom. The van der Waals surface area contributed by atoms with E-state index in [9.17, 15) is 4.79 Å². The lowest BCUT2D eigenvalue weighted by Gasteiger charge is -2.09. The predicted octanol–water partition coefficient (Wildman–Crippen LogP) is -0.725. The lowest BCUT2D eigenvalue weighted by molar-refractivity contribution is 0.201. The van der Waals surface area contributed by atoms with E-state index in [1.165, 1.54) is 5.01 Å². The number of hydrazine groups is 1. The molecule has 4 nitrogen and oxygen atoms in total. The average molecular weight is 115 g/mol.